The van der Waals surface area contributed by atoms with Gasteiger partial charge in [-0.2, -0.15) is 5.10 Å². The van der Waals surface area contributed by atoms with Crippen LogP contribution < -0.4 is 5.43 Å². The molecule has 2 rings (SSSR count). The highest BCUT2D eigenvalue weighted by Crippen LogP contribution is 2.26. The first-order chi connectivity index (χ1) is 10.1. The van der Waals surface area contributed by atoms with Gasteiger partial charge >= 0.3 is 5.69 Å². The van der Waals surface area contributed by atoms with E-state index in [1.54, 1.807) is 24.4 Å². The molecule has 0 amide bonds. The van der Waals surface area contributed by atoms with Crippen molar-refractivity contribution in [2.45, 2.75) is 0 Å². The summed E-state index contributed by atoms with van der Waals surface area (Å²) in [4.78, 5) is 27.5. The largest absolute Gasteiger partial charge is 0.320 e. The number of nitrogens with one attached hydrogen (secondary N) is 1. The normalized spacial score (nSPS) is 10.5. The molecule has 2 heterocycles. The van der Waals surface area contributed by atoms with Gasteiger partial charge in [-0.25, -0.2) is 4.98 Å². The molecule has 106 valence electrons. The Kier molecular flexibility index (Phi) is 4.09. The highest BCUT2D eigenvalue weighted by molar-refractivity contribution is 5.77. The Morgan fingerprint density at radius 1 is 1.19 bits per heavy atom. The first kappa shape index (κ1) is 14.0. The van der Waals surface area contributed by atoms with Crippen molar-refractivity contribution in [3.63, 3.8) is 0 Å². The van der Waals surface area contributed by atoms with Crippen molar-refractivity contribution in [3.8, 4) is 0 Å². The van der Waals surface area contributed by atoms with Crippen LogP contribution in [0.25, 0.3) is 0 Å². The van der Waals surface area contributed by atoms with Gasteiger partial charge in [0.25, 0.3) is 5.69 Å². The van der Waals surface area contributed by atoms with Gasteiger partial charge in [-0.1, -0.05) is 6.07 Å². The molecule has 0 saturated heterocycles. The van der Waals surface area contributed by atoms with Crippen LogP contribution in [0, 0.1) is 20.2 Å². The van der Waals surface area contributed by atoms with E-state index in [1.807, 2.05) is 0 Å². The summed E-state index contributed by atoms with van der Waals surface area (Å²) in [6.07, 6.45) is 3.81. The molecule has 1 N–H and O–H groups in total. The van der Waals surface area contributed by atoms with Crippen LogP contribution in [0.2, 0.25) is 0 Å². The summed E-state index contributed by atoms with van der Waals surface area (Å²) in [5.74, 6) is -0.196. The van der Waals surface area contributed by atoms with E-state index < -0.39 is 21.2 Å². The fourth-order valence-electron chi connectivity index (χ4n) is 1.38. The van der Waals surface area contributed by atoms with Crippen molar-refractivity contribution in [1.82, 2.24) is 9.97 Å². The van der Waals surface area contributed by atoms with Crippen molar-refractivity contribution < 1.29 is 9.85 Å². The van der Waals surface area contributed by atoms with Gasteiger partial charge in [-0.3, -0.25) is 30.6 Å². The molecule has 0 bridgehead atoms. The zero-order valence-electron chi connectivity index (χ0n) is 10.4. The van der Waals surface area contributed by atoms with E-state index in [1.165, 1.54) is 6.21 Å². The molecular formula is C11H8N6O4. The third kappa shape index (κ3) is 3.53. The average Bonchev–Trinajstić information content (AvgIpc) is 2.48. The Morgan fingerprint density at radius 3 is 2.62 bits per heavy atom. The molecule has 0 fully saturated rings. The maximum atomic E-state index is 10.9. The molecule has 0 aliphatic heterocycles. The number of pyridine rings is 2. The number of rotatable bonds is 5. The van der Waals surface area contributed by atoms with E-state index >= 15 is 0 Å². The molecule has 0 aromatic carbocycles. The topological polar surface area (TPSA) is 136 Å². The highest BCUT2D eigenvalue weighted by atomic mass is 16.6. The second-order valence-electron chi connectivity index (χ2n) is 3.70. The second kappa shape index (κ2) is 6.14. The lowest BCUT2D eigenvalue weighted by Gasteiger charge is -2.00. The summed E-state index contributed by atoms with van der Waals surface area (Å²) in [5, 5.41) is 25.2. The molecule has 0 spiro atoms. The van der Waals surface area contributed by atoms with Crippen molar-refractivity contribution in [2.24, 2.45) is 5.10 Å². The Bertz CT molecular complexity index is 703. The van der Waals surface area contributed by atoms with Crippen molar-refractivity contribution in [2.75, 3.05) is 5.43 Å². The molecule has 2 aromatic rings. The SMILES string of the molecule is O=[N+]([O-])c1cnc(N/N=C/c2ccccn2)c([N+](=O)[O-])c1. The van der Waals surface area contributed by atoms with Gasteiger partial charge in [-0.15, -0.1) is 0 Å². The van der Waals surface area contributed by atoms with E-state index in [9.17, 15) is 20.2 Å². The minimum absolute atomic E-state index is 0.196. The summed E-state index contributed by atoms with van der Waals surface area (Å²) in [5.41, 5.74) is 1.89. The lowest BCUT2D eigenvalue weighted by atomic mass is 10.3. The standard InChI is InChI=1S/C11H8N6O4/c18-16(19)9-5-10(17(20)21)11(13-7-9)15-14-6-8-3-1-2-4-12-8/h1-7H,(H,13,15)/b14-6+. The number of hydrogen-bond donors (Lipinski definition) is 1. The number of hydrazone groups is 1. The summed E-state index contributed by atoms with van der Waals surface area (Å²) >= 11 is 0. The summed E-state index contributed by atoms with van der Waals surface area (Å²) in [7, 11) is 0. The molecular weight excluding hydrogens is 280 g/mol. The maximum absolute atomic E-state index is 10.9. The third-order valence-corrected chi connectivity index (χ3v) is 2.32. The molecule has 10 heteroatoms. The first-order valence-corrected chi connectivity index (χ1v) is 5.57. The Labute approximate surface area is 117 Å². The molecule has 2 aromatic heterocycles. The molecule has 21 heavy (non-hydrogen) atoms. The number of nitro groups is 2. The van der Waals surface area contributed by atoms with E-state index in [2.05, 4.69) is 20.5 Å². The first-order valence-electron chi connectivity index (χ1n) is 5.57. The van der Waals surface area contributed by atoms with Crippen LogP contribution in [-0.2, 0) is 0 Å². The van der Waals surface area contributed by atoms with Crippen LogP contribution in [-0.4, -0.2) is 26.0 Å². The Morgan fingerprint density at radius 2 is 2.00 bits per heavy atom. The van der Waals surface area contributed by atoms with Crippen LogP contribution in [0.15, 0.2) is 41.8 Å². The van der Waals surface area contributed by atoms with Gasteiger partial charge in [-0.05, 0) is 12.1 Å². The van der Waals surface area contributed by atoms with Gasteiger partial charge in [0.1, 0.15) is 6.20 Å². The van der Waals surface area contributed by atoms with Crippen LogP contribution in [0.5, 0.6) is 0 Å². The molecule has 0 radical (unpaired) electrons. The predicted octanol–water partition coefficient (Wildman–Crippen LogP) is 1.74. The van der Waals surface area contributed by atoms with Crippen LogP contribution >= 0.6 is 0 Å². The summed E-state index contributed by atoms with van der Waals surface area (Å²) < 4.78 is 0. The molecule has 10 nitrogen and oxygen atoms in total. The molecule has 0 saturated carbocycles. The smallest absolute Gasteiger partial charge is 0.258 e. The Hall–Kier alpha value is -3.43. The average molecular weight is 288 g/mol. The van der Waals surface area contributed by atoms with Crippen LogP contribution in [0.3, 0.4) is 0 Å². The molecule has 0 unspecified atom stereocenters. The molecule has 0 atom stereocenters. The van der Waals surface area contributed by atoms with E-state index in [-0.39, 0.29) is 5.82 Å². The number of nitrogens with zero attached hydrogens (tertiary/aromatic N) is 5. The predicted molar refractivity (Wildman–Crippen MR) is 73.0 cm³/mol. The Balaban J connectivity index is 2.22. The maximum Gasteiger partial charge on any atom is 0.320 e. The monoisotopic (exact) mass is 288 g/mol. The minimum Gasteiger partial charge on any atom is -0.258 e. The summed E-state index contributed by atoms with van der Waals surface area (Å²) in [6.45, 7) is 0. The summed E-state index contributed by atoms with van der Waals surface area (Å²) in [6, 6.07) is 5.98. The van der Waals surface area contributed by atoms with Gasteiger partial charge in [0, 0.05) is 6.20 Å². The van der Waals surface area contributed by atoms with Gasteiger partial charge < -0.3 is 0 Å². The zero-order chi connectivity index (χ0) is 15.2. The van der Waals surface area contributed by atoms with Crippen molar-refractivity contribution >= 4 is 23.4 Å². The highest BCUT2D eigenvalue weighted by Gasteiger charge is 2.20. The zero-order valence-corrected chi connectivity index (χ0v) is 10.4. The van der Waals surface area contributed by atoms with E-state index in [0.29, 0.717) is 5.69 Å². The lowest BCUT2D eigenvalue weighted by Crippen LogP contribution is -2.01. The van der Waals surface area contributed by atoms with Gasteiger partial charge in [0.05, 0.1) is 27.8 Å². The van der Waals surface area contributed by atoms with Crippen molar-refractivity contribution in [1.29, 1.82) is 0 Å². The number of hydrogen-bond acceptors (Lipinski definition) is 8. The van der Waals surface area contributed by atoms with E-state index in [0.717, 1.165) is 12.3 Å². The number of aromatic nitrogens is 2. The van der Waals surface area contributed by atoms with Gasteiger partial charge in [0.15, 0.2) is 0 Å². The van der Waals surface area contributed by atoms with Crippen molar-refractivity contribution in [3.05, 3.63) is 62.6 Å². The van der Waals surface area contributed by atoms with Gasteiger partial charge in [0.2, 0.25) is 5.82 Å². The van der Waals surface area contributed by atoms with E-state index in [4.69, 9.17) is 0 Å². The quantitative estimate of drug-likeness (QED) is 0.502. The third-order valence-electron chi connectivity index (χ3n) is 2.32. The fourth-order valence-corrected chi connectivity index (χ4v) is 1.38. The van der Waals surface area contributed by atoms with Crippen LogP contribution in [0.1, 0.15) is 5.69 Å². The lowest BCUT2D eigenvalue weighted by molar-refractivity contribution is -0.394. The second-order valence-corrected chi connectivity index (χ2v) is 3.70. The number of anilines is 1. The molecule has 0 aliphatic carbocycles. The van der Waals surface area contributed by atoms with Crippen LogP contribution in [0.4, 0.5) is 17.2 Å². The fraction of sp³-hybridized carbons (Fsp3) is 0. The molecule has 0 aliphatic rings. The minimum atomic E-state index is -0.779.